The van der Waals surface area contributed by atoms with Gasteiger partial charge in [-0.25, -0.2) is 4.39 Å². The van der Waals surface area contributed by atoms with Crippen LogP contribution in [0.2, 0.25) is 0 Å². The number of hydrogen-bond donors (Lipinski definition) is 3. The molecule has 1 fully saturated rings. The van der Waals surface area contributed by atoms with E-state index in [-0.39, 0.29) is 24.4 Å². The lowest BCUT2D eigenvalue weighted by atomic mass is 9.95. The van der Waals surface area contributed by atoms with Crippen LogP contribution in [0.1, 0.15) is 48.2 Å². The fourth-order valence-electron chi connectivity index (χ4n) is 3.37. The average molecular weight is 331 g/mol. The number of amides is 2. The van der Waals surface area contributed by atoms with Crippen LogP contribution in [0.4, 0.5) is 4.39 Å². The highest BCUT2D eigenvalue weighted by Gasteiger charge is 2.19. The summed E-state index contributed by atoms with van der Waals surface area (Å²) in [7, 11) is 0. The Morgan fingerprint density at radius 3 is 2.75 bits per heavy atom. The van der Waals surface area contributed by atoms with Gasteiger partial charge in [-0.1, -0.05) is 19.3 Å². The van der Waals surface area contributed by atoms with Crippen LogP contribution in [-0.4, -0.2) is 29.4 Å². The van der Waals surface area contributed by atoms with Crippen molar-refractivity contribution in [3.05, 3.63) is 35.3 Å². The molecular weight excluding hydrogens is 309 g/mol. The van der Waals surface area contributed by atoms with E-state index in [1.165, 1.54) is 18.6 Å². The Bertz CT molecular complexity index is 763. The molecule has 24 heavy (non-hydrogen) atoms. The molecule has 0 bridgehead atoms. The lowest BCUT2D eigenvalue weighted by molar-refractivity contribution is -0.121. The minimum Gasteiger partial charge on any atom is -0.358 e. The number of aryl methyl sites for hydroxylation is 1. The van der Waals surface area contributed by atoms with E-state index in [4.69, 9.17) is 0 Å². The maximum absolute atomic E-state index is 13.5. The Morgan fingerprint density at radius 1 is 1.25 bits per heavy atom. The summed E-state index contributed by atoms with van der Waals surface area (Å²) in [5, 5.41) is 6.12. The summed E-state index contributed by atoms with van der Waals surface area (Å²) in [5.41, 5.74) is 1.74. The summed E-state index contributed by atoms with van der Waals surface area (Å²) in [5.74, 6) is -0.951. The van der Waals surface area contributed by atoms with Gasteiger partial charge in [-0.15, -0.1) is 0 Å². The van der Waals surface area contributed by atoms with Crippen LogP contribution < -0.4 is 10.6 Å². The average Bonchev–Trinajstić information content (AvgIpc) is 2.89. The predicted octanol–water partition coefficient (Wildman–Crippen LogP) is 2.79. The Labute approximate surface area is 140 Å². The largest absolute Gasteiger partial charge is 0.358 e. The molecule has 1 aromatic carbocycles. The maximum atomic E-state index is 13.5. The number of carbonyl (C=O) groups excluding carboxylic acids is 2. The van der Waals surface area contributed by atoms with Crippen molar-refractivity contribution in [2.24, 2.45) is 0 Å². The molecule has 128 valence electrons. The van der Waals surface area contributed by atoms with Crippen molar-refractivity contribution in [2.45, 2.75) is 45.1 Å². The van der Waals surface area contributed by atoms with Crippen LogP contribution >= 0.6 is 0 Å². The van der Waals surface area contributed by atoms with E-state index in [0.717, 1.165) is 25.7 Å². The second-order valence-corrected chi connectivity index (χ2v) is 6.40. The lowest BCUT2D eigenvalue weighted by Crippen LogP contribution is -2.42. The molecule has 2 amide bonds. The maximum Gasteiger partial charge on any atom is 0.254 e. The van der Waals surface area contributed by atoms with Gasteiger partial charge in [0.05, 0.1) is 12.1 Å². The molecule has 0 saturated heterocycles. The molecule has 3 rings (SSSR count). The molecule has 1 aliphatic rings. The Balaban J connectivity index is 1.63. The van der Waals surface area contributed by atoms with Crippen molar-refractivity contribution in [1.82, 2.24) is 15.6 Å². The van der Waals surface area contributed by atoms with E-state index in [2.05, 4.69) is 15.6 Å². The van der Waals surface area contributed by atoms with Crippen molar-refractivity contribution in [1.29, 1.82) is 0 Å². The van der Waals surface area contributed by atoms with Crippen molar-refractivity contribution < 1.29 is 14.0 Å². The smallest absolute Gasteiger partial charge is 0.254 e. The molecule has 0 unspecified atom stereocenters. The Morgan fingerprint density at radius 2 is 2.00 bits per heavy atom. The molecule has 0 atom stereocenters. The minimum atomic E-state index is -0.398. The van der Waals surface area contributed by atoms with E-state index < -0.39 is 5.82 Å². The molecule has 1 aromatic heterocycles. The van der Waals surface area contributed by atoms with Crippen LogP contribution in [-0.2, 0) is 4.79 Å². The van der Waals surface area contributed by atoms with Gasteiger partial charge < -0.3 is 15.6 Å². The van der Waals surface area contributed by atoms with Gasteiger partial charge in [-0.05, 0) is 38.0 Å². The van der Waals surface area contributed by atoms with E-state index in [9.17, 15) is 14.0 Å². The normalized spacial score (nSPS) is 15.4. The first-order valence-electron chi connectivity index (χ1n) is 8.40. The summed E-state index contributed by atoms with van der Waals surface area (Å²) in [6.45, 7) is 1.69. The summed E-state index contributed by atoms with van der Waals surface area (Å²) in [6.07, 6.45) is 5.50. The number of rotatable bonds is 4. The monoisotopic (exact) mass is 331 g/mol. The van der Waals surface area contributed by atoms with E-state index in [0.29, 0.717) is 22.2 Å². The third kappa shape index (κ3) is 3.58. The number of halogens is 1. The predicted molar refractivity (Wildman–Crippen MR) is 90.3 cm³/mol. The van der Waals surface area contributed by atoms with Crippen molar-refractivity contribution in [2.75, 3.05) is 6.54 Å². The number of H-pyrrole nitrogens is 1. The van der Waals surface area contributed by atoms with Gasteiger partial charge in [0.1, 0.15) is 5.82 Å². The van der Waals surface area contributed by atoms with Crippen molar-refractivity contribution >= 4 is 22.7 Å². The van der Waals surface area contributed by atoms with E-state index in [1.807, 2.05) is 0 Å². The van der Waals surface area contributed by atoms with Gasteiger partial charge in [0.2, 0.25) is 5.91 Å². The zero-order valence-electron chi connectivity index (χ0n) is 13.7. The number of nitrogens with one attached hydrogen (secondary N) is 3. The fourth-order valence-corrected chi connectivity index (χ4v) is 3.37. The highest BCUT2D eigenvalue weighted by Crippen LogP contribution is 2.23. The van der Waals surface area contributed by atoms with Gasteiger partial charge in [-0.3, -0.25) is 9.59 Å². The van der Waals surface area contributed by atoms with Crippen LogP contribution in [0.15, 0.2) is 18.2 Å². The van der Waals surface area contributed by atoms with Gasteiger partial charge in [0.15, 0.2) is 0 Å². The lowest BCUT2D eigenvalue weighted by Gasteiger charge is -2.22. The highest BCUT2D eigenvalue weighted by molar-refractivity contribution is 6.08. The molecule has 1 saturated carbocycles. The number of hydrogen-bond acceptors (Lipinski definition) is 2. The Kier molecular flexibility index (Phi) is 4.83. The van der Waals surface area contributed by atoms with Gasteiger partial charge in [-0.2, -0.15) is 0 Å². The first-order chi connectivity index (χ1) is 11.5. The second kappa shape index (κ2) is 7.03. The van der Waals surface area contributed by atoms with Gasteiger partial charge in [0.25, 0.3) is 5.91 Å². The molecule has 3 N–H and O–H groups in total. The van der Waals surface area contributed by atoms with Crippen LogP contribution in [0.5, 0.6) is 0 Å². The summed E-state index contributed by atoms with van der Waals surface area (Å²) >= 11 is 0. The number of aromatic amines is 1. The molecule has 1 heterocycles. The number of aromatic nitrogens is 1. The molecule has 2 aromatic rings. The van der Waals surface area contributed by atoms with E-state index >= 15 is 0 Å². The zero-order chi connectivity index (χ0) is 17.1. The third-order valence-corrected chi connectivity index (χ3v) is 4.55. The first-order valence-corrected chi connectivity index (χ1v) is 8.40. The summed E-state index contributed by atoms with van der Waals surface area (Å²) < 4.78 is 13.5. The molecular formula is C18H22FN3O2. The van der Waals surface area contributed by atoms with Gasteiger partial charge in [0, 0.05) is 22.6 Å². The zero-order valence-corrected chi connectivity index (χ0v) is 13.7. The van der Waals surface area contributed by atoms with Crippen LogP contribution in [0.3, 0.4) is 0 Å². The summed E-state index contributed by atoms with van der Waals surface area (Å²) in [4.78, 5) is 27.5. The molecule has 0 aliphatic heterocycles. The Hall–Kier alpha value is -2.37. The van der Waals surface area contributed by atoms with Gasteiger partial charge >= 0.3 is 0 Å². The summed E-state index contributed by atoms with van der Waals surface area (Å²) in [6, 6.07) is 4.49. The van der Waals surface area contributed by atoms with E-state index in [1.54, 1.807) is 13.0 Å². The molecule has 6 heteroatoms. The molecule has 0 spiro atoms. The van der Waals surface area contributed by atoms with Crippen LogP contribution in [0, 0.1) is 12.7 Å². The standard InChI is InChI=1S/C18H22FN3O2/c1-11-17(14-9-12(19)7-8-15(14)21-11)18(24)20-10-16(23)22-13-5-3-2-4-6-13/h7-9,13,21H,2-6,10H2,1H3,(H,20,24)(H,22,23). The first kappa shape index (κ1) is 16.5. The number of fused-ring (bicyclic) bond motifs is 1. The SMILES string of the molecule is Cc1[nH]c2ccc(F)cc2c1C(=O)NCC(=O)NC1CCCCC1. The topological polar surface area (TPSA) is 74.0 Å². The van der Waals surface area contributed by atoms with Crippen molar-refractivity contribution in [3.8, 4) is 0 Å². The molecule has 1 aliphatic carbocycles. The molecule has 0 radical (unpaired) electrons. The van der Waals surface area contributed by atoms with Crippen molar-refractivity contribution in [3.63, 3.8) is 0 Å². The highest BCUT2D eigenvalue weighted by atomic mass is 19.1. The number of benzene rings is 1. The number of carbonyl (C=O) groups is 2. The fraction of sp³-hybridized carbons (Fsp3) is 0.444. The molecule has 5 nitrogen and oxygen atoms in total. The quantitative estimate of drug-likeness (QED) is 0.806. The third-order valence-electron chi connectivity index (χ3n) is 4.55. The second-order valence-electron chi connectivity index (χ2n) is 6.40. The minimum absolute atomic E-state index is 0.0727. The van der Waals surface area contributed by atoms with Crippen LogP contribution in [0.25, 0.3) is 10.9 Å².